The Kier molecular flexibility index (Phi) is 8.59. The maximum Gasteiger partial charge on any atom is 0.261 e. The summed E-state index contributed by atoms with van der Waals surface area (Å²) in [6.45, 7) is 11.3. The van der Waals surface area contributed by atoms with Crippen LogP contribution in [-0.4, -0.2) is 59.5 Å². The van der Waals surface area contributed by atoms with Crippen molar-refractivity contribution in [3.05, 3.63) is 64.5 Å². The summed E-state index contributed by atoms with van der Waals surface area (Å²) in [6.07, 6.45) is 5.14. The molecule has 10 heteroatoms. The molecule has 5 atom stereocenters. The second-order valence-corrected chi connectivity index (χ2v) is 13.6. The molecule has 4 aliphatic rings. The molecule has 0 spiro atoms. The highest BCUT2D eigenvalue weighted by molar-refractivity contribution is 5.97. The van der Waals surface area contributed by atoms with Crippen molar-refractivity contribution in [2.45, 2.75) is 66.0 Å². The zero-order chi connectivity index (χ0) is 31.9. The third-order valence-electron chi connectivity index (χ3n) is 10.8. The number of anilines is 1. The molecule has 9 nitrogen and oxygen atoms in total. The Hall–Kier alpha value is -3.95. The topological polar surface area (TPSA) is 93.3 Å². The van der Waals surface area contributed by atoms with E-state index in [4.69, 9.17) is 14.6 Å². The number of halogens is 1. The molecule has 3 aliphatic carbocycles. The van der Waals surface area contributed by atoms with Crippen LogP contribution in [0.25, 0.3) is 10.9 Å². The minimum Gasteiger partial charge on any atom is -0.497 e. The van der Waals surface area contributed by atoms with E-state index < -0.39 is 0 Å². The third kappa shape index (κ3) is 6.03. The summed E-state index contributed by atoms with van der Waals surface area (Å²) in [5, 5.41) is 8.41. The number of fused-ring (bicyclic) bond motifs is 3. The Morgan fingerprint density at radius 2 is 1.98 bits per heavy atom. The van der Waals surface area contributed by atoms with Gasteiger partial charge in [0.15, 0.2) is 5.96 Å². The molecule has 3 saturated carbocycles. The third-order valence-corrected chi connectivity index (χ3v) is 10.8. The van der Waals surface area contributed by atoms with Crippen molar-refractivity contribution in [2.24, 2.45) is 39.2 Å². The molecule has 0 radical (unpaired) electrons. The number of hydrogen-bond donors (Lipinski definition) is 1. The van der Waals surface area contributed by atoms with Crippen molar-refractivity contribution < 1.29 is 14.0 Å². The van der Waals surface area contributed by atoms with Crippen LogP contribution in [0.1, 0.15) is 52.5 Å². The number of nitrogens with one attached hydrogen (secondary N) is 1. The number of aryl methyl sites for hydroxylation is 2. The summed E-state index contributed by atoms with van der Waals surface area (Å²) in [5.74, 6) is 3.14. The molecule has 1 aromatic heterocycles. The molecule has 2 aromatic carbocycles. The fourth-order valence-electron chi connectivity index (χ4n) is 7.73. The van der Waals surface area contributed by atoms with Crippen LogP contribution in [0.15, 0.2) is 57.7 Å². The van der Waals surface area contributed by atoms with Gasteiger partial charge in [-0.2, -0.15) is 0 Å². The number of rotatable bonds is 7. The number of aromatic nitrogens is 2. The Morgan fingerprint density at radius 1 is 1.16 bits per heavy atom. The second-order valence-electron chi connectivity index (χ2n) is 13.6. The standard InChI is InChI=1S/C35H45FN6O3/c1-21-19-41(14-12-30(21)40-45-6)34(39-31-16-24-15-28(22(31)2)35(24,3)4)38-25-8-10-27-32(17-25)37-20-42(33(27)43)13-11-23-7-9-26(44-5)18-29(23)36/h7-10,17-18,20-22,24,28,31H,11-16,19H2,1-6H3,(H,38,39)/t21?,22-,24-,28+,31-/m0/s1. The van der Waals surface area contributed by atoms with E-state index in [-0.39, 0.29) is 23.3 Å². The summed E-state index contributed by atoms with van der Waals surface area (Å²) in [7, 11) is 3.10. The molecule has 45 heavy (non-hydrogen) atoms. The lowest BCUT2D eigenvalue weighted by molar-refractivity contribution is -0.108. The van der Waals surface area contributed by atoms with Gasteiger partial charge in [-0.25, -0.2) is 14.4 Å². The Morgan fingerprint density at radius 3 is 2.67 bits per heavy atom. The SMILES string of the molecule is CON=C1CCN(C(=N[C@H]2C[C@@H]3C[C@H]([C@@H]2C)C3(C)C)Nc2ccc3c(=O)n(CCc4ccc(OC)cc4F)cnc3c2)CC1C. The average molecular weight is 617 g/mol. The first-order valence-electron chi connectivity index (χ1n) is 16.1. The van der Waals surface area contributed by atoms with Crippen LogP contribution in [0.4, 0.5) is 10.1 Å². The van der Waals surface area contributed by atoms with Crippen LogP contribution in [0.5, 0.6) is 5.75 Å². The number of benzene rings is 2. The molecule has 1 aliphatic heterocycles. The van der Waals surface area contributed by atoms with Gasteiger partial charge in [-0.1, -0.05) is 38.9 Å². The van der Waals surface area contributed by atoms with Crippen molar-refractivity contribution in [2.75, 3.05) is 32.6 Å². The first kappa shape index (κ1) is 31.0. The highest BCUT2D eigenvalue weighted by Gasteiger charge is 2.56. The van der Waals surface area contributed by atoms with Crippen LogP contribution in [0, 0.1) is 34.9 Å². The van der Waals surface area contributed by atoms with Crippen LogP contribution < -0.4 is 15.6 Å². The molecule has 7 rings (SSSR count). The molecule has 2 heterocycles. The molecule has 240 valence electrons. The van der Waals surface area contributed by atoms with Crippen molar-refractivity contribution in [1.82, 2.24) is 14.5 Å². The van der Waals surface area contributed by atoms with E-state index in [9.17, 15) is 9.18 Å². The van der Waals surface area contributed by atoms with Gasteiger partial charge < -0.3 is 19.8 Å². The number of hydrogen-bond acceptors (Lipinski definition) is 6. The molecule has 2 bridgehead atoms. The highest BCUT2D eigenvalue weighted by Crippen LogP contribution is 2.61. The van der Waals surface area contributed by atoms with Gasteiger partial charge >= 0.3 is 0 Å². The van der Waals surface area contributed by atoms with E-state index >= 15 is 0 Å². The minimum atomic E-state index is -0.349. The van der Waals surface area contributed by atoms with E-state index in [1.165, 1.54) is 24.2 Å². The van der Waals surface area contributed by atoms with Gasteiger partial charge in [0.2, 0.25) is 0 Å². The largest absolute Gasteiger partial charge is 0.497 e. The number of aliphatic imine (C=N–C) groups is 1. The molecular formula is C35H45FN6O3. The normalized spacial score (nSPS) is 26.9. The van der Waals surface area contributed by atoms with E-state index in [2.05, 4.69) is 48.1 Å². The summed E-state index contributed by atoms with van der Waals surface area (Å²) in [4.78, 5) is 30.8. The van der Waals surface area contributed by atoms with Crippen LogP contribution in [0.3, 0.4) is 0 Å². The monoisotopic (exact) mass is 616 g/mol. The van der Waals surface area contributed by atoms with E-state index in [1.807, 2.05) is 18.2 Å². The predicted molar refractivity (Wildman–Crippen MR) is 176 cm³/mol. The fraction of sp³-hybridized carbons (Fsp3) is 0.543. The van der Waals surface area contributed by atoms with Crippen LogP contribution >= 0.6 is 0 Å². The predicted octanol–water partition coefficient (Wildman–Crippen LogP) is 5.97. The number of guanidine groups is 1. The van der Waals surface area contributed by atoms with Gasteiger partial charge in [-0.3, -0.25) is 9.36 Å². The van der Waals surface area contributed by atoms with Gasteiger partial charge in [0.1, 0.15) is 18.7 Å². The maximum absolute atomic E-state index is 14.5. The smallest absolute Gasteiger partial charge is 0.261 e. The van der Waals surface area contributed by atoms with E-state index in [1.54, 1.807) is 25.6 Å². The van der Waals surface area contributed by atoms with Crippen molar-refractivity contribution in [3.63, 3.8) is 0 Å². The zero-order valence-electron chi connectivity index (χ0n) is 27.2. The number of ether oxygens (including phenoxy) is 1. The quantitative estimate of drug-likeness (QED) is 0.200. The number of piperidine rings is 1. The second kappa shape index (κ2) is 12.4. The molecule has 1 unspecified atom stereocenters. The summed E-state index contributed by atoms with van der Waals surface area (Å²) in [6, 6.07) is 10.7. The Labute approximate surface area is 264 Å². The number of methoxy groups -OCH3 is 1. The van der Waals surface area contributed by atoms with E-state index in [0.717, 1.165) is 43.3 Å². The van der Waals surface area contributed by atoms with E-state index in [0.29, 0.717) is 58.4 Å². The van der Waals surface area contributed by atoms with Crippen molar-refractivity contribution >= 4 is 28.3 Å². The average Bonchev–Trinajstić information content (AvgIpc) is 3.02. The highest BCUT2D eigenvalue weighted by atomic mass is 19.1. The number of likely N-dealkylation sites (tertiary alicyclic amines) is 1. The van der Waals surface area contributed by atoms with Gasteiger partial charge in [0.25, 0.3) is 5.56 Å². The molecule has 0 amide bonds. The minimum absolute atomic E-state index is 0.151. The molecule has 3 aromatic rings. The Balaban J connectivity index is 1.23. The van der Waals surface area contributed by atoms with Crippen LogP contribution in [0.2, 0.25) is 0 Å². The van der Waals surface area contributed by atoms with Gasteiger partial charge in [-0.05, 0) is 72.3 Å². The van der Waals surface area contributed by atoms with Gasteiger partial charge in [0, 0.05) is 43.7 Å². The lowest BCUT2D eigenvalue weighted by Crippen LogP contribution is -2.57. The summed E-state index contributed by atoms with van der Waals surface area (Å²) < 4.78 is 21.1. The first-order chi connectivity index (χ1) is 21.6. The molecular weight excluding hydrogens is 571 g/mol. The lowest BCUT2D eigenvalue weighted by atomic mass is 9.45. The summed E-state index contributed by atoms with van der Waals surface area (Å²) >= 11 is 0. The number of oxime groups is 1. The van der Waals surface area contributed by atoms with Gasteiger partial charge in [0.05, 0.1) is 36.1 Å². The van der Waals surface area contributed by atoms with Crippen molar-refractivity contribution in [1.29, 1.82) is 0 Å². The fourth-order valence-corrected chi connectivity index (χ4v) is 7.73. The summed E-state index contributed by atoms with van der Waals surface area (Å²) in [5.41, 5.74) is 3.28. The van der Waals surface area contributed by atoms with Crippen molar-refractivity contribution in [3.8, 4) is 5.75 Å². The molecule has 1 saturated heterocycles. The lowest BCUT2D eigenvalue weighted by Gasteiger charge is -2.61. The van der Waals surface area contributed by atoms with Crippen LogP contribution in [-0.2, 0) is 17.8 Å². The molecule has 1 N–H and O–H groups in total. The Bertz CT molecular complexity index is 1680. The van der Waals surface area contributed by atoms with Gasteiger partial charge in [-0.15, -0.1) is 0 Å². The maximum atomic E-state index is 14.5. The zero-order valence-corrected chi connectivity index (χ0v) is 27.2. The number of nitrogens with zero attached hydrogens (tertiary/aromatic N) is 5. The first-order valence-corrected chi connectivity index (χ1v) is 16.1. The molecule has 4 fully saturated rings.